The Hall–Kier alpha value is -3.35. The third kappa shape index (κ3) is 7.40. The lowest BCUT2D eigenvalue weighted by Gasteiger charge is -2.38. The van der Waals surface area contributed by atoms with E-state index in [4.69, 9.17) is 0 Å². The predicted octanol–water partition coefficient (Wildman–Crippen LogP) is 7.06. The van der Waals surface area contributed by atoms with Crippen LogP contribution in [-0.2, 0) is 6.54 Å². The lowest BCUT2D eigenvalue weighted by atomic mass is 9.73. The zero-order chi connectivity index (χ0) is 28.4. The van der Waals surface area contributed by atoms with Crippen LogP contribution in [0.2, 0.25) is 0 Å². The Kier molecular flexibility index (Phi) is 11.0. The lowest BCUT2D eigenvalue weighted by molar-refractivity contribution is 0.161. The van der Waals surface area contributed by atoms with Crippen molar-refractivity contribution in [2.24, 2.45) is 5.41 Å². The highest BCUT2D eigenvalue weighted by Gasteiger charge is 2.37. The Bertz CT molecular complexity index is 1300. The van der Waals surface area contributed by atoms with Gasteiger partial charge in [0.15, 0.2) is 0 Å². The van der Waals surface area contributed by atoms with Gasteiger partial charge in [0.25, 0.3) is 0 Å². The summed E-state index contributed by atoms with van der Waals surface area (Å²) in [5.74, 6) is 0. The quantitative estimate of drug-likeness (QED) is 0.378. The molecule has 39 heavy (non-hydrogen) atoms. The van der Waals surface area contributed by atoms with E-state index < -0.39 is 5.41 Å². The first kappa shape index (κ1) is 30.2. The number of piperidine rings is 1. The van der Waals surface area contributed by atoms with E-state index in [0.717, 1.165) is 55.2 Å². The van der Waals surface area contributed by atoms with Gasteiger partial charge in [-0.25, -0.2) is 0 Å². The van der Waals surface area contributed by atoms with Gasteiger partial charge in [-0.05, 0) is 97.0 Å². The molecule has 1 saturated heterocycles. The average molecular weight is 522 g/mol. The molecule has 0 unspecified atom stereocenters. The Labute approximate surface area is 237 Å². The van der Waals surface area contributed by atoms with Crippen LogP contribution in [0.25, 0.3) is 17.7 Å². The monoisotopic (exact) mass is 521 g/mol. The van der Waals surface area contributed by atoms with Crippen molar-refractivity contribution in [1.29, 1.82) is 5.26 Å². The maximum absolute atomic E-state index is 9.98. The Morgan fingerprint density at radius 3 is 2.41 bits per heavy atom. The zero-order valence-corrected chi connectivity index (χ0v) is 24.5. The summed E-state index contributed by atoms with van der Waals surface area (Å²) in [5.41, 5.74) is 6.66. The summed E-state index contributed by atoms with van der Waals surface area (Å²) in [6, 6.07) is 5.62. The fourth-order valence-electron chi connectivity index (χ4n) is 6.03. The number of nitrogens with one attached hydrogen (secondary N) is 1. The first-order chi connectivity index (χ1) is 18.8. The van der Waals surface area contributed by atoms with Crippen molar-refractivity contribution in [3.05, 3.63) is 101 Å². The lowest BCUT2D eigenvalue weighted by Crippen LogP contribution is -2.41. The second-order valence-corrected chi connectivity index (χ2v) is 11.0. The number of nitrogens with zero attached hydrogens (tertiary/aromatic N) is 2. The normalized spacial score (nSPS) is 20.1. The van der Waals surface area contributed by atoms with Crippen molar-refractivity contribution in [2.45, 2.75) is 78.3 Å². The van der Waals surface area contributed by atoms with Crippen molar-refractivity contribution in [3.8, 4) is 6.07 Å². The molecule has 0 aromatic heterocycles. The molecule has 4 rings (SSSR count). The number of allylic oxidation sites excluding steroid dienone is 6. The van der Waals surface area contributed by atoms with Gasteiger partial charge in [-0.15, -0.1) is 0 Å². The van der Waals surface area contributed by atoms with E-state index in [2.05, 4.69) is 86.8 Å². The number of rotatable bonds is 8. The molecule has 1 aromatic rings. The van der Waals surface area contributed by atoms with Crippen LogP contribution in [-0.4, -0.2) is 24.0 Å². The molecule has 0 atom stereocenters. The molecule has 0 bridgehead atoms. The SMILES string of the molecule is C=C/C=c1/c2c(cc(CN3CCC(C#N)(C(=C)/C=C(C)\C=C/C)CC3)/c1=C/C)C2=C.C=CNC1CCCCC1. The molecule has 3 aliphatic rings. The van der Waals surface area contributed by atoms with Crippen LogP contribution in [0.3, 0.4) is 0 Å². The molecule has 0 radical (unpaired) electrons. The third-order valence-electron chi connectivity index (χ3n) is 8.35. The molecule has 0 spiro atoms. The smallest absolute Gasteiger partial charge is 0.0841 e. The highest BCUT2D eigenvalue weighted by Crippen LogP contribution is 2.40. The summed E-state index contributed by atoms with van der Waals surface area (Å²) in [6.45, 7) is 24.8. The Balaban J connectivity index is 0.000000395. The van der Waals surface area contributed by atoms with Gasteiger partial charge < -0.3 is 5.32 Å². The maximum atomic E-state index is 9.98. The van der Waals surface area contributed by atoms with Gasteiger partial charge >= 0.3 is 0 Å². The van der Waals surface area contributed by atoms with Crippen LogP contribution in [0.5, 0.6) is 0 Å². The standard InChI is InChI=1S/C28H32N2.C8H15N/c1-7-10-20(4)16-21(5)28(19-29)12-14-30(15-13-28)18-23-17-26-22(6)27(26)25(11-8-2)24(23)9-3;1-2-9-8-6-4-3-5-7-8/h7-11,16-17H,2,5-6,12-15,18H2,1,3-4H3;2,8-9H,1,3-7H2/b10-7-,20-16-,24-9-,25-11+;. The molecular formula is C36H47N3. The molecule has 1 heterocycles. The van der Waals surface area contributed by atoms with Gasteiger partial charge in [-0.3, -0.25) is 4.90 Å². The summed E-state index contributed by atoms with van der Waals surface area (Å²) in [6.07, 6.45) is 22.6. The van der Waals surface area contributed by atoms with Crippen LogP contribution in [0.1, 0.15) is 82.4 Å². The second kappa shape index (κ2) is 14.2. The number of benzene rings is 1. The van der Waals surface area contributed by atoms with E-state index in [1.807, 2.05) is 25.3 Å². The van der Waals surface area contributed by atoms with Crippen molar-refractivity contribution < 1.29 is 0 Å². The number of hydrogen-bond donors (Lipinski definition) is 1. The van der Waals surface area contributed by atoms with E-state index in [1.165, 1.54) is 59.2 Å². The first-order valence-electron chi connectivity index (χ1n) is 14.5. The van der Waals surface area contributed by atoms with Crippen LogP contribution in [0.15, 0.2) is 74.0 Å². The van der Waals surface area contributed by atoms with Gasteiger partial charge in [-0.2, -0.15) is 5.26 Å². The van der Waals surface area contributed by atoms with Crippen LogP contribution in [0, 0.1) is 16.7 Å². The molecule has 2 aliphatic carbocycles. The fourth-order valence-corrected chi connectivity index (χ4v) is 6.03. The van der Waals surface area contributed by atoms with Gasteiger partial charge in [0.05, 0.1) is 11.5 Å². The van der Waals surface area contributed by atoms with Crippen molar-refractivity contribution >= 4 is 17.7 Å². The number of hydrogen-bond acceptors (Lipinski definition) is 3. The summed E-state index contributed by atoms with van der Waals surface area (Å²) < 4.78 is 0. The Morgan fingerprint density at radius 2 is 1.85 bits per heavy atom. The molecule has 1 N–H and O–H groups in total. The minimum absolute atomic E-state index is 0.460. The predicted molar refractivity (Wildman–Crippen MR) is 169 cm³/mol. The van der Waals surface area contributed by atoms with Crippen LogP contribution in [0.4, 0.5) is 0 Å². The Morgan fingerprint density at radius 1 is 1.15 bits per heavy atom. The van der Waals surface area contributed by atoms with E-state index in [9.17, 15) is 5.26 Å². The summed E-state index contributed by atoms with van der Waals surface area (Å²) in [7, 11) is 0. The zero-order valence-electron chi connectivity index (χ0n) is 24.5. The van der Waals surface area contributed by atoms with Crippen LogP contribution >= 0.6 is 0 Å². The number of fused-ring (bicyclic) bond motifs is 1. The molecule has 3 nitrogen and oxygen atoms in total. The molecule has 1 saturated carbocycles. The van der Waals surface area contributed by atoms with Gasteiger partial charge in [0.1, 0.15) is 0 Å². The average Bonchev–Trinajstić information content (AvgIpc) is 3.59. The molecule has 0 amide bonds. The van der Waals surface area contributed by atoms with Crippen molar-refractivity contribution in [3.63, 3.8) is 0 Å². The molecular weight excluding hydrogens is 474 g/mol. The van der Waals surface area contributed by atoms with Crippen LogP contribution < -0.4 is 15.8 Å². The van der Waals surface area contributed by atoms with E-state index >= 15 is 0 Å². The summed E-state index contributed by atoms with van der Waals surface area (Å²) >= 11 is 0. The molecule has 2 fully saturated rings. The van der Waals surface area contributed by atoms with Crippen molar-refractivity contribution in [1.82, 2.24) is 10.2 Å². The second-order valence-electron chi connectivity index (χ2n) is 11.0. The fraction of sp³-hybridized carbons (Fsp3) is 0.417. The molecule has 206 valence electrons. The van der Waals surface area contributed by atoms with Gasteiger partial charge in [0.2, 0.25) is 0 Å². The maximum Gasteiger partial charge on any atom is 0.0841 e. The van der Waals surface area contributed by atoms with Gasteiger partial charge in [0, 0.05) is 25.7 Å². The summed E-state index contributed by atoms with van der Waals surface area (Å²) in [5, 5.41) is 15.7. The van der Waals surface area contributed by atoms with E-state index in [1.54, 1.807) is 0 Å². The highest BCUT2D eigenvalue weighted by atomic mass is 15.1. The number of likely N-dealkylation sites (tertiary alicyclic amines) is 1. The number of nitriles is 1. The third-order valence-corrected chi connectivity index (χ3v) is 8.35. The van der Waals surface area contributed by atoms with Crippen molar-refractivity contribution in [2.75, 3.05) is 13.1 Å². The first-order valence-corrected chi connectivity index (χ1v) is 14.5. The van der Waals surface area contributed by atoms with Gasteiger partial charge in [-0.1, -0.05) is 87.6 Å². The van der Waals surface area contributed by atoms with E-state index in [0.29, 0.717) is 0 Å². The summed E-state index contributed by atoms with van der Waals surface area (Å²) in [4.78, 5) is 2.46. The molecule has 3 heteroatoms. The molecule has 1 aromatic carbocycles. The minimum Gasteiger partial charge on any atom is -0.389 e. The largest absolute Gasteiger partial charge is 0.389 e. The molecule has 1 aliphatic heterocycles. The van der Waals surface area contributed by atoms with E-state index in [-0.39, 0.29) is 0 Å². The minimum atomic E-state index is -0.460. The topological polar surface area (TPSA) is 39.1 Å². The highest BCUT2D eigenvalue weighted by molar-refractivity contribution is 5.99.